The van der Waals surface area contributed by atoms with E-state index in [1.807, 2.05) is 0 Å². The third-order valence-electron chi connectivity index (χ3n) is 1.29. The molecule has 0 spiro atoms. The number of nitrogens with zero attached hydrogens (tertiary/aromatic N) is 2. The highest BCUT2D eigenvalue weighted by Gasteiger charge is 2.13. The van der Waals surface area contributed by atoms with Crippen LogP contribution in [0, 0.1) is 4.91 Å². The van der Waals surface area contributed by atoms with E-state index in [4.69, 9.17) is 16.7 Å². The lowest BCUT2D eigenvalue weighted by Crippen LogP contribution is -2.40. The SMILES string of the molecule is NS(=O)(=O)CCNC(=O)N(CCCl)N=O. The van der Waals surface area contributed by atoms with Crippen LogP contribution in [0.4, 0.5) is 4.79 Å². The van der Waals surface area contributed by atoms with Gasteiger partial charge in [-0.1, -0.05) is 0 Å². The van der Waals surface area contributed by atoms with Crippen LogP contribution < -0.4 is 10.5 Å². The van der Waals surface area contributed by atoms with Crippen LogP contribution in [-0.2, 0) is 10.0 Å². The summed E-state index contributed by atoms with van der Waals surface area (Å²) in [6.45, 7) is -0.238. The van der Waals surface area contributed by atoms with Crippen molar-refractivity contribution in [3.05, 3.63) is 4.91 Å². The largest absolute Gasteiger partial charge is 0.340 e. The van der Waals surface area contributed by atoms with Crippen molar-refractivity contribution >= 4 is 27.7 Å². The number of carbonyl (C=O) groups excluding carboxylic acids is 1. The molecule has 0 aromatic heterocycles. The Morgan fingerprint density at radius 3 is 2.53 bits per heavy atom. The number of halogens is 1. The molecule has 8 nitrogen and oxygen atoms in total. The molecule has 0 aliphatic heterocycles. The fourth-order valence-corrected chi connectivity index (χ4v) is 1.20. The zero-order valence-electron chi connectivity index (χ0n) is 7.72. The molecule has 0 saturated heterocycles. The number of carbonyl (C=O) groups is 1. The topological polar surface area (TPSA) is 122 Å². The van der Waals surface area contributed by atoms with Gasteiger partial charge in [0.05, 0.1) is 17.6 Å². The Balaban J connectivity index is 3.96. The van der Waals surface area contributed by atoms with Crippen molar-refractivity contribution in [2.24, 2.45) is 10.4 Å². The minimum absolute atomic E-state index is 0.0493. The minimum atomic E-state index is -3.63. The molecule has 0 fully saturated rings. The number of sulfonamides is 1. The van der Waals surface area contributed by atoms with Crippen LogP contribution in [0.15, 0.2) is 5.29 Å². The lowest BCUT2D eigenvalue weighted by atomic mass is 10.6. The van der Waals surface area contributed by atoms with Gasteiger partial charge in [-0.25, -0.2) is 18.4 Å². The van der Waals surface area contributed by atoms with E-state index < -0.39 is 21.8 Å². The summed E-state index contributed by atoms with van der Waals surface area (Å²) < 4.78 is 21.0. The number of hydrogen-bond donors (Lipinski definition) is 2. The normalized spacial score (nSPS) is 10.8. The molecule has 88 valence electrons. The molecule has 0 unspecified atom stereocenters. The molecule has 0 aliphatic carbocycles. The van der Waals surface area contributed by atoms with E-state index in [1.54, 1.807) is 0 Å². The van der Waals surface area contributed by atoms with Crippen LogP contribution in [0.5, 0.6) is 0 Å². The van der Waals surface area contributed by atoms with Crippen molar-refractivity contribution in [1.29, 1.82) is 0 Å². The third kappa shape index (κ3) is 7.05. The first-order valence-corrected chi connectivity index (χ1v) is 6.11. The lowest BCUT2D eigenvalue weighted by molar-refractivity contribution is 0.203. The summed E-state index contributed by atoms with van der Waals surface area (Å²) in [7, 11) is -3.63. The molecule has 10 heteroatoms. The molecular formula is C5H11ClN4O4S. The number of urea groups is 1. The molecule has 0 atom stereocenters. The van der Waals surface area contributed by atoms with Gasteiger partial charge in [0, 0.05) is 12.4 Å². The Morgan fingerprint density at radius 2 is 2.13 bits per heavy atom. The number of rotatable bonds is 6. The summed E-state index contributed by atoms with van der Waals surface area (Å²) in [6, 6.07) is -0.811. The monoisotopic (exact) mass is 258 g/mol. The van der Waals surface area contributed by atoms with Crippen LogP contribution in [-0.4, -0.2) is 44.2 Å². The first-order chi connectivity index (χ1) is 6.90. The summed E-state index contributed by atoms with van der Waals surface area (Å²) in [5, 5.41) is 9.79. The standard InChI is InChI=1S/C5H11ClN4O4S/c6-1-3-10(9-12)5(11)8-2-4-15(7,13)14/h1-4H2,(H,8,11)(H2,7,13,14). The Hall–Kier alpha value is -0.930. The van der Waals surface area contributed by atoms with Crippen LogP contribution >= 0.6 is 11.6 Å². The number of nitrogens with two attached hydrogens (primary N) is 1. The fraction of sp³-hybridized carbons (Fsp3) is 0.800. The smallest absolute Gasteiger partial charge is 0.335 e. The second-order valence-corrected chi connectivity index (χ2v) is 4.60. The van der Waals surface area contributed by atoms with Gasteiger partial charge in [-0.3, -0.25) is 0 Å². The highest BCUT2D eigenvalue weighted by molar-refractivity contribution is 7.89. The van der Waals surface area contributed by atoms with E-state index >= 15 is 0 Å². The molecule has 3 N–H and O–H groups in total. The second kappa shape index (κ2) is 6.53. The fourth-order valence-electron chi connectivity index (χ4n) is 0.651. The number of amides is 2. The maximum absolute atomic E-state index is 11.1. The van der Waals surface area contributed by atoms with Crippen LogP contribution in [0.1, 0.15) is 0 Å². The molecule has 0 radical (unpaired) electrons. The summed E-state index contributed by atoms with van der Waals surface area (Å²) >= 11 is 5.29. The van der Waals surface area contributed by atoms with Gasteiger partial charge in [-0.05, 0) is 0 Å². The highest BCUT2D eigenvalue weighted by atomic mass is 35.5. The number of primary sulfonamides is 1. The number of nitroso groups, excluding NO2 is 1. The first-order valence-electron chi connectivity index (χ1n) is 3.86. The van der Waals surface area contributed by atoms with Gasteiger partial charge in [-0.15, -0.1) is 16.5 Å². The second-order valence-electron chi connectivity index (χ2n) is 2.49. The zero-order chi connectivity index (χ0) is 11.9. The summed E-state index contributed by atoms with van der Waals surface area (Å²) in [5.74, 6) is -0.360. The molecule has 0 aromatic carbocycles. The molecule has 0 aliphatic rings. The third-order valence-corrected chi connectivity index (χ3v) is 2.23. The first kappa shape index (κ1) is 14.1. The van der Waals surface area contributed by atoms with Crippen molar-refractivity contribution in [3.63, 3.8) is 0 Å². The van der Waals surface area contributed by atoms with Crippen molar-refractivity contribution in [3.8, 4) is 0 Å². The van der Waals surface area contributed by atoms with Crippen molar-refractivity contribution in [2.45, 2.75) is 0 Å². The predicted molar refractivity (Wildman–Crippen MR) is 54.6 cm³/mol. The summed E-state index contributed by atoms with van der Waals surface area (Å²) in [5.41, 5.74) is 0. The summed E-state index contributed by atoms with van der Waals surface area (Å²) in [4.78, 5) is 21.2. The molecule has 0 heterocycles. The van der Waals surface area contributed by atoms with E-state index in [0.29, 0.717) is 5.01 Å². The minimum Gasteiger partial charge on any atom is -0.335 e. The average molecular weight is 259 g/mol. The lowest BCUT2D eigenvalue weighted by Gasteiger charge is -2.12. The van der Waals surface area contributed by atoms with Crippen molar-refractivity contribution in [1.82, 2.24) is 10.3 Å². The molecule has 0 rings (SSSR count). The van der Waals surface area contributed by atoms with E-state index in [1.165, 1.54) is 0 Å². The Morgan fingerprint density at radius 1 is 1.53 bits per heavy atom. The maximum atomic E-state index is 11.1. The van der Waals surface area contributed by atoms with Gasteiger partial charge in [0.15, 0.2) is 0 Å². The van der Waals surface area contributed by atoms with Gasteiger partial charge >= 0.3 is 6.03 Å². The van der Waals surface area contributed by atoms with Crippen LogP contribution in [0.25, 0.3) is 0 Å². The zero-order valence-corrected chi connectivity index (χ0v) is 9.29. The van der Waals surface area contributed by atoms with E-state index in [2.05, 4.69) is 10.6 Å². The highest BCUT2D eigenvalue weighted by Crippen LogP contribution is 1.91. The van der Waals surface area contributed by atoms with Crippen molar-refractivity contribution < 1.29 is 13.2 Å². The van der Waals surface area contributed by atoms with Gasteiger partial charge < -0.3 is 5.32 Å². The Kier molecular flexibility index (Phi) is 6.13. The average Bonchev–Trinajstić information content (AvgIpc) is 2.11. The van der Waals surface area contributed by atoms with Gasteiger partial charge in [0.1, 0.15) is 0 Å². The molecule has 15 heavy (non-hydrogen) atoms. The summed E-state index contributed by atoms with van der Waals surface area (Å²) in [6.07, 6.45) is 0. The Labute approximate surface area is 91.7 Å². The van der Waals surface area contributed by atoms with Gasteiger partial charge in [-0.2, -0.15) is 5.01 Å². The maximum Gasteiger partial charge on any atom is 0.340 e. The number of hydrogen-bond acceptors (Lipinski definition) is 5. The molecular weight excluding hydrogens is 248 g/mol. The van der Waals surface area contributed by atoms with Crippen LogP contribution in [0.3, 0.4) is 0 Å². The van der Waals surface area contributed by atoms with Gasteiger partial charge in [0.25, 0.3) is 0 Å². The van der Waals surface area contributed by atoms with Crippen molar-refractivity contribution in [2.75, 3.05) is 24.7 Å². The quantitative estimate of drug-likeness (QED) is 0.368. The van der Waals surface area contributed by atoms with E-state index in [9.17, 15) is 18.1 Å². The van der Waals surface area contributed by atoms with E-state index in [-0.39, 0.29) is 19.0 Å². The van der Waals surface area contributed by atoms with Gasteiger partial charge in [0.2, 0.25) is 10.0 Å². The molecule has 0 bridgehead atoms. The van der Waals surface area contributed by atoms with E-state index in [0.717, 1.165) is 0 Å². The molecule has 0 saturated carbocycles. The molecule has 0 aromatic rings. The number of alkyl halides is 1. The predicted octanol–water partition coefficient (Wildman–Crippen LogP) is -0.793. The van der Waals surface area contributed by atoms with Crippen LogP contribution in [0.2, 0.25) is 0 Å². The Bertz CT molecular complexity index is 319. The molecule has 2 amide bonds. The number of nitrogens with one attached hydrogen (secondary N) is 1.